The van der Waals surface area contributed by atoms with E-state index in [1.54, 1.807) is 0 Å². The van der Waals surface area contributed by atoms with Gasteiger partial charge < -0.3 is 0 Å². The molecule has 0 bridgehead atoms. The second kappa shape index (κ2) is 4.98. The summed E-state index contributed by atoms with van der Waals surface area (Å²) in [6.45, 7) is 4.42. The average Bonchev–Trinajstić information content (AvgIpc) is 2.63. The van der Waals surface area contributed by atoms with Crippen LogP contribution in [0.15, 0.2) is 54.1 Å². The highest BCUT2D eigenvalue weighted by Gasteiger charge is 2.17. The zero-order valence-corrected chi connectivity index (χ0v) is 9.98. The zero-order chi connectivity index (χ0) is 11.4. The van der Waals surface area contributed by atoms with Gasteiger partial charge in [0.15, 0.2) is 0 Å². The van der Waals surface area contributed by atoms with Crippen molar-refractivity contribution in [1.29, 1.82) is 0 Å². The Bertz CT molecular complexity index is 447. The highest BCUT2D eigenvalue weighted by atomic mass is 14.2. The summed E-state index contributed by atoms with van der Waals surface area (Å²) in [5.41, 5.74) is 4.22. The summed E-state index contributed by atoms with van der Waals surface area (Å²) in [6.07, 6.45) is 12.0. The van der Waals surface area contributed by atoms with Crippen molar-refractivity contribution >= 4 is 6.08 Å². The van der Waals surface area contributed by atoms with Crippen molar-refractivity contribution in [3.05, 3.63) is 65.3 Å². The lowest BCUT2D eigenvalue weighted by Crippen LogP contribution is -1.90. The van der Waals surface area contributed by atoms with E-state index in [1.165, 1.54) is 16.7 Å². The minimum Gasteiger partial charge on any atom is -0.0848 e. The first-order chi connectivity index (χ1) is 7.83. The van der Waals surface area contributed by atoms with Gasteiger partial charge in [-0.1, -0.05) is 68.5 Å². The highest BCUT2D eigenvalue weighted by Crippen LogP contribution is 2.36. The monoisotopic (exact) mass is 210 g/mol. The van der Waals surface area contributed by atoms with Crippen LogP contribution in [0, 0.1) is 0 Å². The minimum atomic E-state index is 0.530. The van der Waals surface area contributed by atoms with Gasteiger partial charge in [-0.05, 0) is 23.1 Å². The van der Waals surface area contributed by atoms with Crippen LogP contribution in [0.3, 0.4) is 0 Å². The maximum atomic E-state index is 2.29. The Morgan fingerprint density at radius 1 is 1.19 bits per heavy atom. The Hall–Kier alpha value is -1.56. The lowest BCUT2D eigenvalue weighted by atomic mass is 9.98. The number of allylic oxidation sites excluding steroid dienone is 5. The summed E-state index contributed by atoms with van der Waals surface area (Å²) in [5.74, 6) is 0.530. The minimum absolute atomic E-state index is 0.530. The van der Waals surface area contributed by atoms with E-state index >= 15 is 0 Å². The van der Waals surface area contributed by atoms with Crippen LogP contribution in [0.1, 0.15) is 37.3 Å². The van der Waals surface area contributed by atoms with E-state index in [-0.39, 0.29) is 0 Å². The Labute approximate surface area is 98.0 Å². The van der Waals surface area contributed by atoms with Gasteiger partial charge in [-0.2, -0.15) is 0 Å². The van der Waals surface area contributed by atoms with E-state index in [9.17, 15) is 0 Å². The Morgan fingerprint density at radius 3 is 2.75 bits per heavy atom. The van der Waals surface area contributed by atoms with Crippen LogP contribution in [0.25, 0.3) is 6.08 Å². The topological polar surface area (TPSA) is 0 Å². The molecule has 1 aromatic carbocycles. The van der Waals surface area contributed by atoms with Gasteiger partial charge in [0.25, 0.3) is 0 Å². The maximum Gasteiger partial charge on any atom is 0.00671 e. The van der Waals surface area contributed by atoms with E-state index in [2.05, 4.69) is 68.5 Å². The smallest absolute Gasteiger partial charge is 0.00671 e. The third-order valence-corrected chi connectivity index (χ3v) is 3.06. The van der Waals surface area contributed by atoms with E-state index in [4.69, 9.17) is 0 Å². The van der Waals surface area contributed by atoms with Gasteiger partial charge in [-0.25, -0.2) is 0 Å². The highest BCUT2D eigenvalue weighted by molar-refractivity contribution is 5.68. The third kappa shape index (κ3) is 2.16. The number of hydrogen-bond donors (Lipinski definition) is 0. The molecule has 1 aliphatic rings. The van der Waals surface area contributed by atoms with Gasteiger partial charge in [0.2, 0.25) is 0 Å². The van der Waals surface area contributed by atoms with Crippen LogP contribution in [-0.4, -0.2) is 0 Å². The van der Waals surface area contributed by atoms with Crippen molar-refractivity contribution in [3.63, 3.8) is 0 Å². The molecule has 0 fully saturated rings. The molecule has 0 heteroatoms. The summed E-state index contributed by atoms with van der Waals surface area (Å²) in [7, 11) is 0. The first-order valence-electron chi connectivity index (χ1n) is 5.96. The lowest BCUT2D eigenvalue weighted by Gasteiger charge is -2.06. The molecule has 1 aliphatic carbocycles. The standard InChI is InChI=1S/C16H18/c1-3-4-5-6-9-14-12-15-10-7-8-11-16(15)13(14)2/h4-13H,3H2,1-2H3/b5-4-,9-6-. The summed E-state index contributed by atoms with van der Waals surface area (Å²) in [4.78, 5) is 0. The van der Waals surface area contributed by atoms with Crippen molar-refractivity contribution in [1.82, 2.24) is 0 Å². The van der Waals surface area contributed by atoms with Crippen molar-refractivity contribution in [3.8, 4) is 0 Å². The van der Waals surface area contributed by atoms with E-state index in [0.717, 1.165) is 6.42 Å². The summed E-state index contributed by atoms with van der Waals surface area (Å²) in [6, 6.07) is 8.63. The summed E-state index contributed by atoms with van der Waals surface area (Å²) >= 11 is 0. The molecule has 1 aromatic rings. The fourth-order valence-electron chi connectivity index (χ4n) is 2.09. The van der Waals surface area contributed by atoms with Crippen molar-refractivity contribution in [2.24, 2.45) is 0 Å². The molecule has 0 heterocycles. The van der Waals surface area contributed by atoms with E-state index in [1.807, 2.05) is 0 Å². The summed E-state index contributed by atoms with van der Waals surface area (Å²) in [5, 5.41) is 0. The maximum absolute atomic E-state index is 2.29. The molecular weight excluding hydrogens is 192 g/mol. The van der Waals surface area contributed by atoms with Crippen LogP contribution in [0.2, 0.25) is 0 Å². The normalized spacial score (nSPS) is 19.4. The molecule has 82 valence electrons. The van der Waals surface area contributed by atoms with Gasteiger partial charge in [-0.3, -0.25) is 0 Å². The first kappa shape index (κ1) is 10.9. The van der Waals surface area contributed by atoms with Crippen LogP contribution in [0.5, 0.6) is 0 Å². The fourth-order valence-corrected chi connectivity index (χ4v) is 2.09. The van der Waals surface area contributed by atoms with Crippen molar-refractivity contribution in [2.75, 3.05) is 0 Å². The zero-order valence-electron chi connectivity index (χ0n) is 9.98. The molecule has 0 nitrogen and oxygen atoms in total. The average molecular weight is 210 g/mol. The Kier molecular flexibility index (Phi) is 3.40. The molecule has 0 N–H and O–H groups in total. The molecule has 16 heavy (non-hydrogen) atoms. The lowest BCUT2D eigenvalue weighted by molar-refractivity contribution is 0.948. The molecule has 1 atom stereocenters. The molecule has 0 spiro atoms. The molecular formula is C16H18. The Balaban J connectivity index is 2.16. The molecule has 2 rings (SSSR count). The molecule has 0 saturated carbocycles. The number of rotatable bonds is 3. The van der Waals surface area contributed by atoms with Crippen LogP contribution < -0.4 is 0 Å². The molecule has 0 saturated heterocycles. The molecule has 0 amide bonds. The second-order valence-corrected chi connectivity index (χ2v) is 4.19. The van der Waals surface area contributed by atoms with Crippen molar-refractivity contribution in [2.45, 2.75) is 26.2 Å². The Morgan fingerprint density at radius 2 is 2.00 bits per heavy atom. The fraction of sp³-hybridized carbons (Fsp3) is 0.250. The number of fused-ring (bicyclic) bond motifs is 1. The number of hydrogen-bond acceptors (Lipinski definition) is 0. The van der Waals surface area contributed by atoms with Crippen molar-refractivity contribution < 1.29 is 0 Å². The molecule has 1 unspecified atom stereocenters. The van der Waals surface area contributed by atoms with Gasteiger partial charge in [0.1, 0.15) is 0 Å². The molecule has 0 aliphatic heterocycles. The SMILES string of the molecule is CC/C=C\C=C/C1=Cc2ccccc2C1C. The van der Waals surface area contributed by atoms with Gasteiger partial charge in [-0.15, -0.1) is 0 Å². The third-order valence-electron chi connectivity index (χ3n) is 3.06. The predicted molar refractivity (Wildman–Crippen MR) is 71.4 cm³/mol. The van der Waals surface area contributed by atoms with Gasteiger partial charge >= 0.3 is 0 Å². The predicted octanol–water partition coefficient (Wildman–Crippen LogP) is 4.71. The van der Waals surface area contributed by atoms with Crippen LogP contribution >= 0.6 is 0 Å². The first-order valence-corrected chi connectivity index (χ1v) is 5.96. The quantitative estimate of drug-likeness (QED) is 0.634. The van der Waals surface area contributed by atoms with Gasteiger partial charge in [0.05, 0.1) is 0 Å². The molecule has 0 radical (unpaired) electrons. The number of benzene rings is 1. The largest absolute Gasteiger partial charge is 0.0848 e. The summed E-state index contributed by atoms with van der Waals surface area (Å²) < 4.78 is 0. The van der Waals surface area contributed by atoms with Crippen LogP contribution in [0.4, 0.5) is 0 Å². The second-order valence-electron chi connectivity index (χ2n) is 4.19. The van der Waals surface area contributed by atoms with E-state index in [0.29, 0.717) is 5.92 Å². The van der Waals surface area contributed by atoms with E-state index < -0.39 is 0 Å². The van der Waals surface area contributed by atoms with Gasteiger partial charge in [0, 0.05) is 5.92 Å². The van der Waals surface area contributed by atoms with Crippen LogP contribution in [-0.2, 0) is 0 Å². The molecule has 0 aromatic heterocycles.